The van der Waals surface area contributed by atoms with Crippen LogP contribution in [0.2, 0.25) is 0 Å². The van der Waals surface area contributed by atoms with Crippen LogP contribution in [0.1, 0.15) is 37.8 Å². The van der Waals surface area contributed by atoms with Crippen LogP contribution in [0.5, 0.6) is 11.5 Å². The first-order chi connectivity index (χ1) is 12.7. The molecule has 0 amide bonds. The van der Waals surface area contributed by atoms with Crippen molar-refractivity contribution in [2.24, 2.45) is 0 Å². The van der Waals surface area contributed by atoms with Gasteiger partial charge in [0.05, 0.1) is 24.0 Å². The highest BCUT2D eigenvalue weighted by molar-refractivity contribution is 6.00. The maximum atomic E-state index is 12.8. The summed E-state index contributed by atoms with van der Waals surface area (Å²) in [6.45, 7) is 2.34. The summed E-state index contributed by atoms with van der Waals surface area (Å²) >= 11 is 0. The van der Waals surface area contributed by atoms with Gasteiger partial charge in [0.15, 0.2) is 17.3 Å². The number of hydrogen-bond donors (Lipinski definition) is 3. The predicted octanol–water partition coefficient (Wildman–Crippen LogP) is 4.38. The zero-order valence-corrected chi connectivity index (χ0v) is 14.7. The Labute approximate surface area is 152 Å². The largest absolute Gasteiger partial charge is 0.504 e. The monoisotopic (exact) mass is 350 g/mol. The van der Waals surface area contributed by atoms with Crippen molar-refractivity contribution in [1.29, 1.82) is 0 Å². The smallest absolute Gasteiger partial charge is 0.163 e. The average Bonchev–Trinajstić information content (AvgIpc) is 2.81. The van der Waals surface area contributed by atoms with Crippen molar-refractivity contribution in [1.82, 2.24) is 0 Å². The van der Waals surface area contributed by atoms with Gasteiger partial charge < -0.3 is 20.5 Å². The molecule has 1 aliphatic heterocycles. The van der Waals surface area contributed by atoms with Crippen LogP contribution < -0.4 is 15.4 Å². The fourth-order valence-electron chi connectivity index (χ4n) is 3.67. The highest BCUT2D eigenvalue weighted by atomic mass is 16.5. The number of ether oxygens (including phenoxy) is 1. The molecule has 4 rings (SSSR count). The van der Waals surface area contributed by atoms with E-state index in [0.717, 1.165) is 41.1 Å². The molecule has 0 bridgehead atoms. The van der Waals surface area contributed by atoms with E-state index in [9.17, 15) is 9.90 Å². The Bertz CT molecular complexity index is 889. The van der Waals surface area contributed by atoms with Crippen molar-refractivity contribution >= 4 is 17.2 Å². The highest BCUT2D eigenvalue weighted by Gasteiger charge is 2.32. The molecule has 26 heavy (non-hydrogen) atoms. The number of aromatic hydroxyl groups is 1. The van der Waals surface area contributed by atoms with Crippen LogP contribution >= 0.6 is 0 Å². The molecule has 134 valence electrons. The number of Topliss-reactive ketones (excluding diaryl/α,β-unsaturated/α-hetero) is 1. The second-order valence-corrected chi connectivity index (χ2v) is 6.58. The molecule has 5 nitrogen and oxygen atoms in total. The molecule has 0 saturated carbocycles. The van der Waals surface area contributed by atoms with Gasteiger partial charge in [-0.2, -0.15) is 0 Å². The number of para-hydroxylation sites is 2. The van der Waals surface area contributed by atoms with Gasteiger partial charge in [-0.15, -0.1) is 0 Å². The van der Waals surface area contributed by atoms with E-state index in [-0.39, 0.29) is 17.6 Å². The Kier molecular flexibility index (Phi) is 4.29. The summed E-state index contributed by atoms with van der Waals surface area (Å²) in [7, 11) is 0. The lowest BCUT2D eigenvalue weighted by Crippen LogP contribution is -2.23. The van der Waals surface area contributed by atoms with Gasteiger partial charge in [-0.05, 0) is 49.6 Å². The Morgan fingerprint density at radius 1 is 1.15 bits per heavy atom. The lowest BCUT2D eigenvalue weighted by Gasteiger charge is -2.25. The van der Waals surface area contributed by atoms with Gasteiger partial charge >= 0.3 is 0 Å². The topological polar surface area (TPSA) is 70.6 Å². The maximum absolute atomic E-state index is 12.8. The standard InChI is InChI=1S/C21H22N2O3/c1-2-26-19-12-13(10-11-17(19)24)21-20-16(8-5-9-18(20)25)22-14-6-3-4-7-15(14)23-21/h3-4,6-7,10-12,21-24H,2,5,8-9H2,1H3/t21-/m1/s1. The minimum atomic E-state index is -0.284. The van der Waals surface area contributed by atoms with Crippen molar-refractivity contribution in [3.8, 4) is 11.5 Å². The first kappa shape index (κ1) is 16.5. The number of phenolic OH excluding ortho intramolecular Hbond substituents is 1. The Balaban J connectivity index is 1.84. The molecule has 0 fully saturated rings. The minimum absolute atomic E-state index is 0.104. The number of carbonyl (C=O) groups excluding carboxylic acids is 1. The van der Waals surface area contributed by atoms with Gasteiger partial charge in [-0.25, -0.2) is 0 Å². The molecule has 1 aliphatic carbocycles. The van der Waals surface area contributed by atoms with E-state index in [0.29, 0.717) is 18.8 Å². The van der Waals surface area contributed by atoms with Crippen LogP contribution in [-0.4, -0.2) is 17.5 Å². The number of phenols is 1. The van der Waals surface area contributed by atoms with E-state index in [1.54, 1.807) is 6.07 Å². The molecule has 0 spiro atoms. The molecule has 5 heteroatoms. The molecule has 2 aromatic rings. The fourth-order valence-corrected chi connectivity index (χ4v) is 3.67. The number of carbonyl (C=O) groups is 1. The predicted molar refractivity (Wildman–Crippen MR) is 102 cm³/mol. The molecule has 0 aromatic heterocycles. The summed E-state index contributed by atoms with van der Waals surface area (Å²) in [6.07, 6.45) is 2.27. The Morgan fingerprint density at radius 3 is 2.77 bits per heavy atom. The molecule has 1 heterocycles. The highest BCUT2D eigenvalue weighted by Crippen LogP contribution is 2.42. The van der Waals surface area contributed by atoms with Gasteiger partial charge in [-0.1, -0.05) is 18.2 Å². The summed E-state index contributed by atoms with van der Waals surface area (Å²) in [5.41, 5.74) is 4.58. The van der Waals surface area contributed by atoms with E-state index in [4.69, 9.17) is 4.74 Å². The van der Waals surface area contributed by atoms with Crippen LogP contribution in [0.15, 0.2) is 53.7 Å². The number of fused-ring (bicyclic) bond motifs is 1. The number of benzene rings is 2. The number of allylic oxidation sites excluding steroid dienone is 1. The van der Waals surface area contributed by atoms with Gasteiger partial charge in [0, 0.05) is 17.7 Å². The van der Waals surface area contributed by atoms with Crippen LogP contribution in [0.3, 0.4) is 0 Å². The lowest BCUT2D eigenvalue weighted by atomic mass is 9.86. The van der Waals surface area contributed by atoms with E-state index in [1.807, 2.05) is 43.3 Å². The van der Waals surface area contributed by atoms with Crippen molar-refractivity contribution < 1.29 is 14.6 Å². The van der Waals surface area contributed by atoms with E-state index in [1.165, 1.54) is 0 Å². The third-order valence-electron chi connectivity index (χ3n) is 4.87. The third-order valence-corrected chi connectivity index (χ3v) is 4.87. The zero-order valence-electron chi connectivity index (χ0n) is 14.7. The quantitative estimate of drug-likeness (QED) is 0.766. The SMILES string of the molecule is CCOc1cc([C@H]2Nc3ccccc3NC3=C2C(=O)CCC3)ccc1O. The van der Waals surface area contributed by atoms with Crippen molar-refractivity contribution in [3.63, 3.8) is 0 Å². The summed E-state index contributed by atoms with van der Waals surface area (Å²) < 4.78 is 5.54. The van der Waals surface area contributed by atoms with Gasteiger partial charge in [0.1, 0.15) is 0 Å². The molecule has 3 N–H and O–H groups in total. The first-order valence-corrected chi connectivity index (χ1v) is 9.02. The van der Waals surface area contributed by atoms with Crippen molar-refractivity contribution in [2.75, 3.05) is 17.2 Å². The summed E-state index contributed by atoms with van der Waals surface area (Å²) in [6, 6.07) is 13.0. The Morgan fingerprint density at radius 2 is 1.96 bits per heavy atom. The maximum Gasteiger partial charge on any atom is 0.163 e. The van der Waals surface area contributed by atoms with E-state index in [2.05, 4.69) is 10.6 Å². The molecule has 0 radical (unpaired) electrons. The van der Waals surface area contributed by atoms with E-state index < -0.39 is 0 Å². The molecule has 1 atom stereocenters. The lowest BCUT2D eigenvalue weighted by molar-refractivity contribution is -0.116. The molecular formula is C21H22N2O3. The number of rotatable bonds is 3. The molecule has 2 aliphatic rings. The number of ketones is 1. The van der Waals surface area contributed by atoms with Crippen molar-refractivity contribution in [2.45, 2.75) is 32.2 Å². The number of anilines is 2. The van der Waals surface area contributed by atoms with Gasteiger partial charge in [-0.3, -0.25) is 4.79 Å². The van der Waals surface area contributed by atoms with Crippen LogP contribution in [0.25, 0.3) is 0 Å². The number of nitrogens with one attached hydrogen (secondary N) is 2. The van der Waals surface area contributed by atoms with Gasteiger partial charge in [0.25, 0.3) is 0 Å². The summed E-state index contributed by atoms with van der Waals surface area (Å²) in [4.78, 5) is 12.8. The normalized spacial score (nSPS) is 19.0. The second-order valence-electron chi connectivity index (χ2n) is 6.58. The van der Waals surface area contributed by atoms with E-state index >= 15 is 0 Å². The Hall–Kier alpha value is -2.95. The summed E-state index contributed by atoms with van der Waals surface area (Å²) in [5.74, 6) is 0.699. The van der Waals surface area contributed by atoms with Crippen LogP contribution in [0, 0.1) is 0 Å². The minimum Gasteiger partial charge on any atom is -0.504 e. The molecule has 2 aromatic carbocycles. The first-order valence-electron chi connectivity index (χ1n) is 9.02. The number of hydrogen-bond acceptors (Lipinski definition) is 5. The van der Waals surface area contributed by atoms with Gasteiger partial charge in [0.2, 0.25) is 0 Å². The zero-order chi connectivity index (χ0) is 18.1. The molecule has 0 unspecified atom stereocenters. The fraction of sp³-hybridized carbons (Fsp3) is 0.286. The van der Waals surface area contributed by atoms with Crippen LogP contribution in [-0.2, 0) is 4.79 Å². The summed E-state index contributed by atoms with van der Waals surface area (Å²) in [5, 5.41) is 17.0. The molecular weight excluding hydrogens is 328 g/mol. The van der Waals surface area contributed by atoms with Crippen LogP contribution in [0.4, 0.5) is 11.4 Å². The average molecular weight is 350 g/mol. The molecule has 0 saturated heterocycles. The van der Waals surface area contributed by atoms with Crippen molar-refractivity contribution in [3.05, 3.63) is 59.3 Å². The second kappa shape index (κ2) is 6.75. The third kappa shape index (κ3) is 2.90.